The monoisotopic (exact) mass is 191 g/mol. The number of hydrogen-bond acceptors (Lipinski definition) is 1. The van der Waals surface area contributed by atoms with Gasteiger partial charge in [-0.25, -0.2) is 0 Å². The highest BCUT2D eigenvalue weighted by atomic mass is 15.2. The molecular weight excluding hydrogens is 170 g/mol. The van der Waals surface area contributed by atoms with Gasteiger partial charge in [-0.2, -0.15) is 0 Å². The van der Waals surface area contributed by atoms with Crippen LogP contribution in [-0.2, 0) is 0 Å². The first kappa shape index (κ1) is 9.82. The van der Waals surface area contributed by atoms with Crippen LogP contribution in [0.5, 0.6) is 0 Å². The first-order chi connectivity index (χ1) is 6.86. The first-order valence-corrected chi connectivity index (χ1v) is 5.96. The minimum atomic E-state index is 0.741. The average molecular weight is 191 g/mol. The molecule has 1 aliphatic heterocycles. The van der Waals surface area contributed by atoms with Crippen molar-refractivity contribution < 1.29 is 0 Å². The molecule has 1 nitrogen and oxygen atoms in total. The predicted octanol–water partition coefficient (Wildman–Crippen LogP) is 3.69. The van der Waals surface area contributed by atoms with E-state index >= 15 is 0 Å². The van der Waals surface area contributed by atoms with E-state index < -0.39 is 0 Å². The average Bonchev–Trinajstić information content (AvgIpc) is 2.85. The van der Waals surface area contributed by atoms with E-state index in [-0.39, 0.29) is 0 Å². The van der Waals surface area contributed by atoms with Gasteiger partial charge in [0.15, 0.2) is 0 Å². The van der Waals surface area contributed by atoms with Crippen LogP contribution >= 0.6 is 0 Å². The van der Waals surface area contributed by atoms with Gasteiger partial charge in [0.1, 0.15) is 0 Å². The van der Waals surface area contributed by atoms with Crippen LogP contribution in [-0.4, -0.2) is 10.9 Å². The number of hydrogen-bond donors (Lipinski definition) is 0. The summed E-state index contributed by atoms with van der Waals surface area (Å²) in [6, 6.07) is 0.741. The Morgan fingerprint density at radius 2 is 2.21 bits per heavy atom. The molecule has 1 heteroatoms. The lowest BCUT2D eigenvalue weighted by Gasteiger charge is -2.30. The van der Waals surface area contributed by atoms with Gasteiger partial charge in [0.25, 0.3) is 0 Å². The van der Waals surface area contributed by atoms with Crippen LogP contribution in [0.3, 0.4) is 0 Å². The van der Waals surface area contributed by atoms with E-state index in [2.05, 4.69) is 24.5 Å². The lowest BCUT2D eigenvalue weighted by molar-refractivity contribution is 0.263. The van der Waals surface area contributed by atoms with Gasteiger partial charge in [-0.1, -0.05) is 32.4 Å². The Morgan fingerprint density at radius 3 is 2.79 bits per heavy atom. The fraction of sp³-hybridized carbons (Fsp3) is 0.692. The Hall–Kier alpha value is -0.720. The lowest BCUT2D eigenvalue weighted by atomic mass is 9.96. The Morgan fingerprint density at radius 1 is 1.50 bits per heavy atom. The Kier molecular flexibility index (Phi) is 2.95. The number of nitrogens with zero attached hydrogens (tertiary/aromatic N) is 1. The third-order valence-electron chi connectivity index (χ3n) is 3.79. The maximum atomic E-state index is 3.95. The zero-order valence-corrected chi connectivity index (χ0v) is 9.21. The summed E-state index contributed by atoms with van der Waals surface area (Å²) in [7, 11) is 0. The Bertz CT molecular complexity index is 236. The second-order valence-corrected chi connectivity index (χ2v) is 4.49. The van der Waals surface area contributed by atoms with Crippen LogP contribution in [0.15, 0.2) is 24.6 Å². The van der Waals surface area contributed by atoms with Gasteiger partial charge in [0.05, 0.1) is 0 Å². The van der Waals surface area contributed by atoms with Crippen molar-refractivity contribution in [3.05, 3.63) is 24.6 Å². The maximum absolute atomic E-state index is 3.95. The standard InChI is InChI=1S/C13H21N/c1-3-12-9-10-13(14(12)4-2)11-7-5-6-8-11/h4,9,11,13H,2-3,5-8,10H2,1H3. The van der Waals surface area contributed by atoms with Gasteiger partial charge in [0, 0.05) is 11.7 Å². The largest absolute Gasteiger partial charge is 0.349 e. The van der Waals surface area contributed by atoms with Crippen molar-refractivity contribution in [2.45, 2.75) is 51.5 Å². The predicted molar refractivity (Wildman–Crippen MR) is 60.8 cm³/mol. The second-order valence-electron chi connectivity index (χ2n) is 4.49. The van der Waals surface area contributed by atoms with Gasteiger partial charge in [-0.05, 0) is 37.8 Å². The second kappa shape index (κ2) is 4.20. The third kappa shape index (κ3) is 1.60. The molecule has 0 aromatic heterocycles. The van der Waals surface area contributed by atoms with Crippen LogP contribution in [0.1, 0.15) is 45.4 Å². The fourth-order valence-corrected chi connectivity index (χ4v) is 3.03. The molecule has 0 aromatic carbocycles. The quantitative estimate of drug-likeness (QED) is 0.657. The van der Waals surface area contributed by atoms with Crippen molar-refractivity contribution in [1.82, 2.24) is 4.90 Å². The minimum absolute atomic E-state index is 0.741. The molecule has 1 unspecified atom stereocenters. The summed E-state index contributed by atoms with van der Waals surface area (Å²) in [5, 5.41) is 0. The highest BCUT2D eigenvalue weighted by Crippen LogP contribution is 2.37. The molecule has 2 rings (SSSR count). The summed E-state index contributed by atoms with van der Waals surface area (Å²) < 4.78 is 0. The normalized spacial score (nSPS) is 28.2. The van der Waals surface area contributed by atoms with E-state index in [1.54, 1.807) is 0 Å². The highest BCUT2D eigenvalue weighted by Gasteiger charge is 2.31. The Balaban J connectivity index is 2.04. The molecule has 14 heavy (non-hydrogen) atoms. The molecule has 0 bridgehead atoms. The van der Waals surface area contributed by atoms with Crippen molar-refractivity contribution in [2.75, 3.05) is 0 Å². The molecule has 1 heterocycles. The van der Waals surface area contributed by atoms with Crippen LogP contribution in [0.2, 0.25) is 0 Å². The summed E-state index contributed by atoms with van der Waals surface area (Å²) in [5.41, 5.74) is 1.48. The van der Waals surface area contributed by atoms with Crippen molar-refractivity contribution in [3.8, 4) is 0 Å². The van der Waals surface area contributed by atoms with Crippen LogP contribution in [0, 0.1) is 5.92 Å². The third-order valence-corrected chi connectivity index (χ3v) is 3.79. The van der Waals surface area contributed by atoms with Crippen molar-refractivity contribution in [2.24, 2.45) is 5.92 Å². The van der Waals surface area contributed by atoms with E-state index in [1.165, 1.54) is 37.8 Å². The summed E-state index contributed by atoms with van der Waals surface area (Å²) in [5.74, 6) is 0.924. The molecule has 2 aliphatic rings. The SMILES string of the molecule is C=CN1C(CC)=CCC1C1CCCC1. The Labute approximate surface area is 87.5 Å². The molecule has 1 aliphatic carbocycles. The van der Waals surface area contributed by atoms with Crippen molar-refractivity contribution in [1.29, 1.82) is 0 Å². The molecule has 0 N–H and O–H groups in total. The molecule has 0 radical (unpaired) electrons. The number of allylic oxidation sites excluding steroid dienone is 1. The van der Waals surface area contributed by atoms with Crippen LogP contribution in [0.4, 0.5) is 0 Å². The van der Waals surface area contributed by atoms with Gasteiger partial charge in [-0.15, -0.1) is 0 Å². The zero-order chi connectivity index (χ0) is 9.97. The van der Waals surface area contributed by atoms with Crippen LogP contribution < -0.4 is 0 Å². The summed E-state index contributed by atoms with van der Waals surface area (Å²) in [4.78, 5) is 2.43. The van der Waals surface area contributed by atoms with E-state index in [1.807, 2.05) is 6.20 Å². The molecule has 1 fully saturated rings. The molecule has 0 saturated heterocycles. The maximum Gasteiger partial charge on any atom is 0.0396 e. The zero-order valence-electron chi connectivity index (χ0n) is 9.21. The topological polar surface area (TPSA) is 3.24 Å². The fourth-order valence-electron chi connectivity index (χ4n) is 3.03. The van der Waals surface area contributed by atoms with Gasteiger partial charge < -0.3 is 4.90 Å². The lowest BCUT2D eigenvalue weighted by Crippen LogP contribution is -2.30. The molecule has 78 valence electrons. The smallest absolute Gasteiger partial charge is 0.0396 e. The molecule has 0 spiro atoms. The molecule has 1 atom stereocenters. The van der Waals surface area contributed by atoms with Crippen LogP contribution in [0.25, 0.3) is 0 Å². The van der Waals surface area contributed by atoms with E-state index in [0.29, 0.717) is 0 Å². The van der Waals surface area contributed by atoms with Gasteiger partial charge >= 0.3 is 0 Å². The summed E-state index contributed by atoms with van der Waals surface area (Å²) in [6.45, 7) is 6.18. The number of rotatable bonds is 3. The van der Waals surface area contributed by atoms with E-state index in [0.717, 1.165) is 18.4 Å². The summed E-state index contributed by atoms with van der Waals surface area (Å²) >= 11 is 0. The minimum Gasteiger partial charge on any atom is -0.349 e. The molecular formula is C13H21N. The van der Waals surface area contributed by atoms with Crippen molar-refractivity contribution in [3.63, 3.8) is 0 Å². The van der Waals surface area contributed by atoms with E-state index in [4.69, 9.17) is 0 Å². The summed E-state index contributed by atoms with van der Waals surface area (Å²) in [6.07, 6.45) is 12.6. The van der Waals surface area contributed by atoms with E-state index in [9.17, 15) is 0 Å². The van der Waals surface area contributed by atoms with Crippen molar-refractivity contribution >= 4 is 0 Å². The van der Waals surface area contributed by atoms with Gasteiger partial charge in [0.2, 0.25) is 0 Å². The molecule has 0 amide bonds. The first-order valence-electron chi connectivity index (χ1n) is 5.96. The van der Waals surface area contributed by atoms with Gasteiger partial charge in [-0.3, -0.25) is 0 Å². The molecule has 1 saturated carbocycles. The molecule has 0 aromatic rings. The highest BCUT2D eigenvalue weighted by molar-refractivity contribution is 5.15.